The number of halogens is 2. The molecule has 162 valence electrons. The van der Waals surface area contributed by atoms with Gasteiger partial charge in [-0.15, -0.1) is 0 Å². The van der Waals surface area contributed by atoms with Gasteiger partial charge in [0.15, 0.2) is 10.6 Å². The first-order valence-corrected chi connectivity index (χ1v) is 11.9. The maximum atomic E-state index is 13.5. The Labute approximate surface area is 199 Å². The summed E-state index contributed by atoms with van der Waals surface area (Å²) in [5, 5.41) is 1.24. The van der Waals surface area contributed by atoms with Crippen LogP contribution in [0.3, 0.4) is 0 Å². The number of Topliss-reactive ketones (excluding diaryl/α,β-unsaturated/α-hetero) is 1. The fourth-order valence-electron chi connectivity index (χ4n) is 4.42. The summed E-state index contributed by atoms with van der Waals surface area (Å²) >= 11 is 13.5. The van der Waals surface area contributed by atoms with Gasteiger partial charge in [-0.05, 0) is 53.3 Å². The number of hydrogen-bond acceptors (Lipinski definition) is 4. The largest absolute Gasteiger partial charge is 0.294 e. The van der Waals surface area contributed by atoms with Gasteiger partial charge in [0.1, 0.15) is 0 Å². The molecular weight excluding hydrogens is 463 g/mol. The van der Waals surface area contributed by atoms with Crippen molar-refractivity contribution in [1.29, 1.82) is 0 Å². The first kappa shape index (κ1) is 21.4. The zero-order valence-corrected chi connectivity index (χ0v) is 19.9. The molecule has 0 N–H and O–H groups in total. The molecule has 2 heterocycles. The van der Waals surface area contributed by atoms with E-state index >= 15 is 0 Å². The number of ketones is 1. The lowest BCUT2D eigenvalue weighted by atomic mass is 9.73. The molecular formula is C25H20Cl2N2O2S. The number of allylic oxidation sites excluding steroid dienone is 2. The molecule has 1 aliphatic carbocycles. The molecule has 32 heavy (non-hydrogen) atoms. The second kappa shape index (κ2) is 7.84. The molecule has 5 rings (SSSR count). The fraction of sp³-hybridized carbons (Fsp3) is 0.240. The number of nitrogens with zero attached hydrogens (tertiary/aromatic N) is 2. The molecule has 7 heteroatoms. The number of fused-ring (bicyclic) bond motifs is 1. The molecule has 1 aromatic heterocycles. The van der Waals surface area contributed by atoms with Gasteiger partial charge >= 0.3 is 0 Å². The number of carbonyl (C=O) groups is 1. The monoisotopic (exact) mass is 482 g/mol. The van der Waals surface area contributed by atoms with Crippen LogP contribution in [0.25, 0.3) is 6.08 Å². The highest BCUT2D eigenvalue weighted by Gasteiger charge is 2.40. The van der Waals surface area contributed by atoms with Crippen LogP contribution in [0.1, 0.15) is 43.9 Å². The Morgan fingerprint density at radius 1 is 1.00 bits per heavy atom. The topological polar surface area (TPSA) is 51.4 Å². The number of aromatic nitrogens is 1. The van der Waals surface area contributed by atoms with E-state index in [-0.39, 0.29) is 16.8 Å². The summed E-state index contributed by atoms with van der Waals surface area (Å²) in [4.78, 5) is 32.2. The van der Waals surface area contributed by atoms with Crippen LogP contribution in [0.15, 0.2) is 69.6 Å². The van der Waals surface area contributed by atoms with Crippen molar-refractivity contribution in [3.8, 4) is 0 Å². The minimum atomic E-state index is -0.505. The van der Waals surface area contributed by atoms with E-state index in [2.05, 4.69) is 13.8 Å². The van der Waals surface area contributed by atoms with Crippen LogP contribution < -0.4 is 14.9 Å². The minimum absolute atomic E-state index is 0.0481. The van der Waals surface area contributed by atoms with Crippen molar-refractivity contribution in [3.63, 3.8) is 0 Å². The van der Waals surface area contributed by atoms with Gasteiger partial charge in [0.05, 0.1) is 16.3 Å². The number of hydrogen-bond donors (Lipinski definition) is 0. The summed E-state index contributed by atoms with van der Waals surface area (Å²) in [6, 6.07) is 14.2. The van der Waals surface area contributed by atoms with Crippen LogP contribution in [0, 0.1) is 5.41 Å². The molecule has 0 spiro atoms. The zero-order valence-electron chi connectivity index (χ0n) is 17.6. The molecule has 1 unspecified atom stereocenters. The predicted octanol–water partition coefficient (Wildman–Crippen LogP) is 4.91. The standard InChI is InChI=1S/C25H20Cl2N2O2S/c1-25(2)12-18-21(19(30)13-25)22(15-5-9-17(27)10-6-15)29-23(31)20(32-24(29)28-18)11-14-3-7-16(26)8-4-14/h3-11,22H,12-13H2,1-2H3. The highest BCUT2D eigenvalue weighted by molar-refractivity contribution is 7.07. The Morgan fingerprint density at radius 2 is 1.62 bits per heavy atom. The first-order valence-electron chi connectivity index (χ1n) is 10.3. The molecule has 0 bridgehead atoms. The Kier molecular flexibility index (Phi) is 5.24. The van der Waals surface area contributed by atoms with Gasteiger partial charge in [-0.1, -0.05) is 72.7 Å². The minimum Gasteiger partial charge on any atom is -0.294 e. The van der Waals surface area contributed by atoms with E-state index in [1.54, 1.807) is 28.8 Å². The lowest BCUT2D eigenvalue weighted by Crippen LogP contribution is -2.42. The molecule has 0 saturated carbocycles. The van der Waals surface area contributed by atoms with Crippen LogP contribution in [-0.4, -0.2) is 10.4 Å². The van der Waals surface area contributed by atoms with Crippen LogP contribution in [0.2, 0.25) is 10.0 Å². The van der Waals surface area contributed by atoms with Crippen molar-refractivity contribution in [1.82, 2.24) is 4.57 Å². The number of benzene rings is 2. The lowest BCUT2D eigenvalue weighted by Gasteiger charge is -2.35. The van der Waals surface area contributed by atoms with Crippen molar-refractivity contribution in [2.45, 2.75) is 32.7 Å². The number of carbonyl (C=O) groups excluding carboxylic acids is 1. The smallest absolute Gasteiger partial charge is 0.271 e. The third-order valence-corrected chi connectivity index (χ3v) is 7.34. The van der Waals surface area contributed by atoms with E-state index in [4.69, 9.17) is 28.2 Å². The summed E-state index contributed by atoms with van der Waals surface area (Å²) in [6.07, 6.45) is 2.97. The van der Waals surface area contributed by atoms with Crippen molar-refractivity contribution in [2.24, 2.45) is 10.4 Å². The summed E-state index contributed by atoms with van der Waals surface area (Å²) in [5.74, 6) is 0.0481. The van der Waals surface area contributed by atoms with Crippen LogP contribution in [0.5, 0.6) is 0 Å². The summed E-state index contributed by atoms with van der Waals surface area (Å²) in [5.41, 5.74) is 2.81. The highest BCUT2D eigenvalue weighted by Crippen LogP contribution is 2.43. The zero-order chi connectivity index (χ0) is 22.6. The van der Waals surface area contributed by atoms with Gasteiger partial charge in [0, 0.05) is 22.0 Å². The summed E-state index contributed by atoms with van der Waals surface area (Å²) < 4.78 is 2.22. The second-order valence-electron chi connectivity index (χ2n) is 8.99. The molecule has 0 radical (unpaired) electrons. The Balaban J connectivity index is 1.76. The third kappa shape index (κ3) is 3.79. The molecule has 1 aliphatic heterocycles. The maximum Gasteiger partial charge on any atom is 0.271 e. The number of thiazole rings is 1. The third-order valence-electron chi connectivity index (χ3n) is 5.85. The molecule has 1 atom stereocenters. The van der Waals surface area contributed by atoms with E-state index in [0.29, 0.717) is 37.8 Å². The quantitative estimate of drug-likeness (QED) is 0.520. The average molecular weight is 483 g/mol. The molecule has 0 saturated heterocycles. The Hall–Kier alpha value is -2.47. The van der Waals surface area contributed by atoms with E-state index < -0.39 is 6.04 Å². The molecule has 0 amide bonds. The molecule has 4 nitrogen and oxygen atoms in total. The lowest BCUT2D eigenvalue weighted by molar-refractivity contribution is -0.118. The van der Waals surface area contributed by atoms with Crippen LogP contribution in [-0.2, 0) is 4.79 Å². The van der Waals surface area contributed by atoms with E-state index in [0.717, 1.165) is 16.8 Å². The average Bonchev–Trinajstić information content (AvgIpc) is 3.03. The summed E-state index contributed by atoms with van der Waals surface area (Å²) in [6.45, 7) is 4.16. The van der Waals surface area contributed by atoms with Crippen molar-refractivity contribution >= 4 is 46.4 Å². The van der Waals surface area contributed by atoms with Gasteiger partial charge in [-0.3, -0.25) is 14.2 Å². The van der Waals surface area contributed by atoms with E-state index in [1.165, 1.54) is 11.3 Å². The highest BCUT2D eigenvalue weighted by atomic mass is 35.5. The van der Waals surface area contributed by atoms with Crippen molar-refractivity contribution in [2.75, 3.05) is 0 Å². The Morgan fingerprint density at radius 3 is 2.28 bits per heavy atom. The van der Waals surface area contributed by atoms with Crippen molar-refractivity contribution in [3.05, 3.63) is 101 Å². The Bertz CT molecular complexity index is 1450. The van der Waals surface area contributed by atoms with Gasteiger partial charge in [-0.2, -0.15) is 0 Å². The van der Waals surface area contributed by atoms with E-state index in [9.17, 15) is 9.59 Å². The second-order valence-corrected chi connectivity index (χ2v) is 10.9. The predicted molar refractivity (Wildman–Crippen MR) is 129 cm³/mol. The van der Waals surface area contributed by atoms with Crippen LogP contribution >= 0.6 is 34.5 Å². The van der Waals surface area contributed by atoms with Gasteiger partial charge in [0.25, 0.3) is 5.56 Å². The fourth-order valence-corrected chi connectivity index (χ4v) is 5.69. The number of rotatable bonds is 2. The van der Waals surface area contributed by atoms with Crippen molar-refractivity contribution < 1.29 is 4.79 Å². The maximum absolute atomic E-state index is 13.5. The molecule has 3 aromatic rings. The first-order chi connectivity index (χ1) is 15.2. The normalized spacial score (nSPS) is 20.1. The molecule has 0 fully saturated rings. The summed E-state index contributed by atoms with van der Waals surface area (Å²) in [7, 11) is 0. The molecule has 2 aliphatic rings. The van der Waals surface area contributed by atoms with Crippen LogP contribution in [0.4, 0.5) is 0 Å². The SMILES string of the molecule is CC1(C)CC(=O)C2=C(C1)N=c1sc(=Cc3ccc(Cl)cc3)c(=O)n1C2c1ccc(Cl)cc1. The van der Waals surface area contributed by atoms with Gasteiger partial charge in [0.2, 0.25) is 0 Å². The van der Waals surface area contributed by atoms with E-state index in [1.807, 2.05) is 30.3 Å². The van der Waals surface area contributed by atoms with Gasteiger partial charge in [-0.25, -0.2) is 4.99 Å². The van der Waals surface area contributed by atoms with Gasteiger partial charge < -0.3 is 0 Å². The molecule has 2 aromatic carbocycles.